The summed E-state index contributed by atoms with van der Waals surface area (Å²) in [4.78, 5) is 11.7. The van der Waals surface area contributed by atoms with Crippen LogP contribution in [-0.2, 0) is 16.0 Å². The molecule has 0 spiro atoms. The highest BCUT2D eigenvalue weighted by Crippen LogP contribution is 2.25. The summed E-state index contributed by atoms with van der Waals surface area (Å²) in [6.07, 6.45) is 6.86. The van der Waals surface area contributed by atoms with Gasteiger partial charge in [0.15, 0.2) is 0 Å². The lowest BCUT2D eigenvalue weighted by Gasteiger charge is -2.13. The van der Waals surface area contributed by atoms with Gasteiger partial charge in [0.25, 0.3) is 0 Å². The van der Waals surface area contributed by atoms with Gasteiger partial charge in [-0.3, -0.25) is 0 Å². The van der Waals surface area contributed by atoms with Crippen molar-refractivity contribution in [1.29, 1.82) is 0 Å². The Morgan fingerprint density at radius 1 is 1.09 bits per heavy atom. The van der Waals surface area contributed by atoms with Gasteiger partial charge in [-0.25, -0.2) is 4.79 Å². The molecule has 0 bridgehead atoms. The molecular weight excluding hydrogens is 284 g/mol. The summed E-state index contributed by atoms with van der Waals surface area (Å²) in [7, 11) is 0. The first-order valence-corrected chi connectivity index (χ1v) is 7.91. The molecule has 0 radical (unpaired) electrons. The lowest BCUT2D eigenvalue weighted by Crippen LogP contribution is -2.05. The van der Waals surface area contributed by atoms with Gasteiger partial charge in [0.2, 0.25) is 0 Å². The molecule has 0 amide bonds. The van der Waals surface area contributed by atoms with Crippen molar-refractivity contribution in [3.05, 3.63) is 89.0 Å². The second kappa shape index (κ2) is 7.10. The second-order valence-corrected chi connectivity index (χ2v) is 5.76. The minimum absolute atomic E-state index is 0.188. The van der Waals surface area contributed by atoms with E-state index in [2.05, 4.69) is 43.3 Å². The lowest BCUT2D eigenvalue weighted by molar-refractivity contribution is -0.136. The van der Waals surface area contributed by atoms with Crippen LogP contribution >= 0.6 is 0 Å². The molecule has 0 fully saturated rings. The second-order valence-electron chi connectivity index (χ2n) is 5.76. The van der Waals surface area contributed by atoms with E-state index >= 15 is 0 Å². The molecular formula is C21H20O2. The number of benzene rings is 2. The number of hydrogen-bond acceptors (Lipinski definition) is 2. The highest BCUT2D eigenvalue weighted by molar-refractivity contribution is 5.90. The normalized spacial score (nSPS) is 15.5. The summed E-state index contributed by atoms with van der Waals surface area (Å²) in [5, 5.41) is 0. The van der Waals surface area contributed by atoms with Crippen LogP contribution < -0.4 is 0 Å². The fraction of sp³-hybridized carbons (Fsp3) is 0.190. The van der Waals surface area contributed by atoms with E-state index in [-0.39, 0.29) is 11.9 Å². The van der Waals surface area contributed by atoms with Crippen molar-refractivity contribution in [3.8, 4) is 0 Å². The maximum atomic E-state index is 11.7. The topological polar surface area (TPSA) is 26.3 Å². The predicted octanol–water partition coefficient (Wildman–Crippen LogP) is 4.53. The number of rotatable bonds is 5. The maximum Gasteiger partial charge on any atom is 0.334 e. The SMILES string of the molecule is CC(/C=C/c1ccccc1)c1ccccc1CC1=CCOC1=O. The number of allylic oxidation sites excluding steroid dienone is 1. The van der Waals surface area contributed by atoms with Gasteiger partial charge < -0.3 is 4.74 Å². The quantitative estimate of drug-likeness (QED) is 0.759. The molecule has 116 valence electrons. The third kappa shape index (κ3) is 3.78. The van der Waals surface area contributed by atoms with Crippen molar-refractivity contribution in [2.75, 3.05) is 6.61 Å². The lowest BCUT2D eigenvalue weighted by atomic mass is 9.91. The molecule has 0 N–H and O–H groups in total. The molecule has 3 rings (SSSR count). The van der Waals surface area contributed by atoms with E-state index < -0.39 is 0 Å². The van der Waals surface area contributed by atoms with Gasteiger partial charge in [-0.15, -0.1) is 0 Å². The van der Waals surface area contributed by atoms with Gasteiger partial charge in [-0.2, -0.15) is 0 Å². The number of carbonyl (C=O) groups is 1. The van der Waals surface area contributed by atoms with Crippen molar-refractivity contribution >= 4 is 12.0 Å². The molecule has 0 saturated carbocycles. The van der Waals surface area contributed by atoms with E-state index in [1.807, 2.05) is 36.4 Å². The van der Waals surface area contributed by atoms with E-state index in [1.165, 1.54) is 16.7 Å². The molecule has 0 aliphatic carbocycles. The van der Waals surface area contributed by atoms with Crippen molar-refractivity contribution in [2.24, 2.45) is 0 Å². The molecule has 0 saturated heterocycles. The number of ether oxygens (including phenoxy) is 1. The van der Waals surface area contributed by atoms with Gasteiger partial charge >= 0.3 is 5.97 Å². The number of esters is 1. The monoisotopic (exact) mass is 304 g/mol. The molecule has 23 heavy (non-hydrogen) atoms. The van der Waals surface area contributed by atoms with Crippen LogP contribution in [0.15, 0.2) is 72.3 Å². The summed E-state index contributed by atoms with van der Waals surface area (Å²) in [6.45, 7) is 2.58. The Labute approximate surface area is 137 Å². The summed E-state index contributed by atoms with van der Waals surface area (Å²) < 4.78 is 5.00. The smallest absolute Gasteiger partial charge is 0.334 e. The molecule has 2 nitrogen and oxygen atoms in total. The van der Waals surface area contributed by atoms with Crippen LogP contribution in [0.2, 0.25) is 0 Å². The molecule has 1 unspecified atom stereocenters. The fourth-order valence-electron chi connectivity index (χ4n) is 2.81. The Morgan fingerprint density at radius 2 is 1.83 bits per heavy atom. The van der Waals surface area contributed by atoms with E-state index in [9.17, 15) is 4.79 Å². The summed E-state index contributed by atoms with van der Waals surface area (Å²) in [5.74, 6) is 0.0942. The van der Waals surface area contributed by atoms with Crippen LogP contribution in [0.25, 0.3) is 6.08 Å². The van der Waals surface area contributed by atoms with Crippen molar-refractivity contribution < 1.29 is 9.53 Å². The number of hydrogen-bond donors (Lipinski definition) is 0. The molecule has 1 heterocycles. The summed E-state index contributed by atoms with van der Waals surface area (Å²) >= 11 is 0. The summed E-state index contributed by atoms with van der Waals surface area (Å²) in [6, 6.07) is 18.6. The standard InChI is InChI=1S/C21H20O2/c1-16(11-12-17-7-3-2-4-8-17)20-10-6-5-9-18(20)15-19-13-14-23-21(19)22/h2-13,16H,14-15H2,1H3/b12-11+. The van der Waals surface area contributed by atoms with Gasteiger partial charge in [-0.05, 0) is 28.7 Å². The Kier molecular flexibility index (Phi) is 4.72. The van der Waals surface area contributed by atoms with E-state index in [0.717, 1.165) is 5.57 Å². The number of carbonyl (C=O) groups excluding carboxylic acids is 1. The first-order chi connectivity index (χ1) is 11.2. The van der Waals surface area contributed by atoms with Crippen molar-refractivity contribution in [1.82, 2.24) is 0 Å². The highest BCUT2D eigenvalue weighted by Gasteiger charge is 2.18. The van der Waals surface area contributed by atoms with Gasteiger partial charge in [0.05, 0.1) is 0 Å². The van der Waals surface area contributed by atoms with Crippen LogP contribution in [0.4, 0.5) is 0 Å². The average molecular weight is 304 g/mol. The van der Waals surface area contributed by atoms with E-state index in [1.54, 1.807) is 0 Å². The fourth-order valence-corrected chi connectivity index (χ4v) is 2.81. The van der Waals surface area contributed by atoms with Crippen LogP contribution in [0.1, 0.15) is 29.5 Å². The van der Waals surface area contributed by atoms with Crippen LogP contribution in [0.3, 0.4) is 0 Å². The molecule has 0 aromatic heterocycles. The van der Waals surface area contributed by atoms with E-state index in [4.69, 9.17) is 4.74 Å². The third-order valence-corrected chi connectivity index (χ3v) is 4.11. The zero-order valence-corrected chi connectivity index (χ0v) is 13.2. The van der Waals surface area contributed by atoms with Crippen LogP contribution in [0, 0.1) is 0 Å². The van der Waals surface area contributed by atoms with Crippen molar-refractivity contribution in [2.45, 2.75) is 19.3 Å². The zero-order chi connectivity index (χ0) is 16.1. The van der Waals surface area contributed by atoms with Crippen molar-refractivity contribution in [3.63, 3.8) is 0 Å². The first-order valence-electron chi connectivity index (χ1n) is 7.91. The first kappa shape index (κ1) is 15.3. The molecule has 1 aliphatic rings. The Hall–Kier alpha value is -2.61. The molecule has 1 atom stereocenters. The predicted molar refractivity (Wildman–Crippen MR) is 93.1 cm³/mol. The third-order valence-electron chi connectivity index (χ3n) is 4.11. The van der Waals surface area contributed by atoms with Gasteiger partial charge in [-0.1, -0.05) is 73.7 Å². The average Bonchev–Trinajstić information content (AvgIpc) is 2.99. The Bertz CT molecular complexity index is 741. The van der Waals surface area contributed by atoms with Gasteiger partial charge in [0, 0.05) is 12.0 Å². The largest absolute Gasteiger partial charge is 0.458 e. The van der Waals surface area contributed by atoms with E-state index in [0.29, 0.717) is 13.0 Å². The van der Waals surface area contributed by atoms with Crippen LogP contribution in [0.5, 0.6) is 0 Å². The minimum atomic E-state index is -0.188. The zero-order valence-electron chi connectivity index (χ0n) is 13.2. The number of cyclic esters (lactones) is 1. The minimum Gasteiger partial charge on any atom is -0.458 e. The van der Waals surface area contributed by atoms with Gasteiger partial charge in [0.1, 0.15) is 6.61 Å². The Morgan fingerprint density at radius 3 is 2.57 bits per heavy atom. The molecule has 2 aromatic carbocycles. The van der Waals surface area contributed by atoms with Crippen LogP contribution in [-0.4, -0.2) is 12.6 Å². The molecule has 1 aliphatic heterocycles. The highest BCUT2D eigenvalue weighted by atomic mass is 16.5. The Balaban J connectivity index is 1.79. The molecule has 2 heteroatoms. The summed E-state index contributed by atoms with van der Waals surface area (Å²) in [5.41, 5.74) is 4.39. The maximum absolute atomic E-state index is 11.7. The molecule has 2 aromatic rings.